The molecule has 3 aliphatic rings. The first kappa shape index (κ1) is 27.2. The van der Waals surface area contributed by atoms with Gasteiger partial charge in [0.2, 0.25) is 5.91 Å². The van der Waals surface area contributed by atoms with E-state index in [1.807, 2.05) is 4.90 Å². The Hall–Kier alpha value is -3.33. The topological polar surface area (TPSA) is 109 Å². The van der Waals surface area contributed by atoms with Crippen LogP contribution in [0.2, 0.25) is 0 Å². The van der Waals surface area contributed by atoms with Gasteiger partial charge in [-0.15, -0.1) is 0 Å². The maximum absolute atomic E-state index is 13.7. The number of hydrogen-bond acceptors (Lipinski definition) is 5. The zero-order valence-corrected chi connectivity index (χ0v) is 22.3. The largest absolute Gasteiger partial charge is 0.354 e. The number of amides is 3. The lowest BCUT2D eigenvalue weighted by atomic mass is 9.82. The Balaban J connectivity index is 1.32. The summed E-state index contributed by atoms with van der Waals surface area (Å²) in [4.78, 5) is 48.3. The van der Waals surface area contributed by atoms with E-state index in [4.69, 9.17) is 5.73 Å². The van der Waals surface area contributed by atoms with Gasteiger partial charge in [-0.2, -0.15) is 0 Å². The van der Waals surface area contributed by atoms with E-state index in [0.717, 1.165) is 38.5 Å². The van der Waals surface area contributed by atoms with Crippen LogP contribution < -0.4 is 11.1 Å². The Morgan fingerprint density at radius 3 is 2.31 bits per heavy atom. The molecular weight excluding hydrogens is 497 g/mol. The van der Waals surface area contributed by atoms with Gasteiger partial charge in [-0.1, -0.05) is 0 Å². The lowest BCUT2D eigenvalue weighted by molar-refractivity contribution is -0.127. The fourth-order valence-electron chi connectivity index (χ4n) is 6.10. The molecular formula is C30H38FN5O3. The number of rotatable bonds is 8. The van der Waals surface area contributed by atoms with Crippen molar-refractivity contribution in [3.8, 4) is 0 Å². The monoisotopic (exact) mass is 535 g/mol. The molecule has 1 aromatic heterocycles. The Kier molecular flexibility index (Phi) is 8.55. The van der Waals surface area contributed by atoms with E-state index in [9.17, 15) is 18.8 Å². The fraction of sp³-hybridized carbons (Fsp3) is 0.533. The number of likely N-dealkylation sites (tertiary alicyclic amines) is 1. The minimum absolute atomic E-state index is 0.106. The minimum atomic E-state index is -0.695. The van der Waals surface area contributed by atoms with Crippen molar-refractivity contribution < 1.29 is 18.8 Å². The van der Waals surface area contributed by atoms with Crippen LogP contribution in [0.3, 0.4) is 0 Å². The van der Waals surface area contributed by atoms with E-state index >= 15 is 0 Å². The number of carbonyl (C=O) groups is 3. The molecule has 2 heterocycles. The van der Waals surface area contributed by atoms with E-state index in [-0.39, 0.29) is 35.6 Å². The third-order valence-electron chi connectivity index (χ3n) is 8.57. The van der Waals surface area contributed by atoms with E-state index < -0.39 is 6.04 Å². The Morgan fingerprint density at radius 1 is 0.949 bits per heavy atom. The molecule has 1 aromatic carbocycles. The van der Waals surface area contributed by atoms with Gasteiger partial charge in [-0.3, -0.25) is 19.4 Å². The first-order valence-electron chi connectivity index (χ1n) is 14.2. The predicted molar refractivity (Wildman–Crippen MR) is 145 cm³/mol. The Morgan fingerprint density at radius 2 is 1.67 bits per heavy atom. The first-order valence-corrected chi connectivity index (χ1v) is 14.2. The number of carbonyl (C=O) groups excluding carboxylic acids is 3. The Bertz CT molecular complexity index is 1150. The lowest BCUT2D eigenvalue weighted by Crippen LogP contribution is -2.58. The molecule has 2 aliphatic carbocycles. The molecule has 3 amide bonds. The molecule has 39 heavy (non-hydrogen) atoms. The third kappa shape index (κ3) is 6.46. The average Bonchev–Trinajstić information content (AvgIpc) is 3.82. The van der Waals surface area contributed by atoms with Gasteiger partial charge in [0.15, 0.2) is 0 Å². The van der Waals surface area contributed by atoms with Crippen molar-refractivity contribution in [2.45, 2.75) is 69.5 Å². The van der Waals surface area contributed by atoms with Gasteiger partial charge in [-0.25, -0.2) is 4.39 Å². The molecule has 208 valence electrons. The number of nitrogens with one attached hydrogen (secondary N) is 1. The summed E-state index contributed by atoms with van der Waals surface area (Å²) < 4.78 is 13.5. The number of benzene rings is 1. The van der Waals surface area contributed by atoms with Crippen LogP contribution in [0.15, 0.2) is 48.8 Å². The molecule has 1 saturated heterocycles. The molecule has 0 radical (unpaired) electrons. The molecule has 5 rings (SSSR count). The van der Waals surface area contributed by atoms with Gasteiger partial charge in [-0.05, 0) is 106 Å². The number of nitrogens with zero attached hydrogens (tertiary/aromatic N) is 3. The number of halogens is 1. The lowest BCUT2D eigenvalue weighted by Gasteiger charge is -2.43. The van der Waals surface area contributed by atoms with Gasteiger partial charge in [0.1, 0.15) is 11.9 Å². The molecule has 0 bridgehead atoms. The fourth-order valence-corrected chi connectivity index (χ4v) is 6.10. The van der Waals surface area contributed by atoms with Crippen molar-refractivity contribution >= 4 is 17.7 Å². The van der Waals surface area contributed by atoms with E-state index in [1.165, 1.54) is 30.5 Å². The average molecular weight is 536 g/mol. The normalized spacial score (nSPS) is 25.1. The van der Waals surface area contributed by atoms with Crippen molar-refractivity contribution in [1.29, 1.82) is 0 Å². The zero-order valence-electron chi connectivity index (χ0n) is 22.3. The standard InChI is InChI=1S/C30H38FN5O3/c31-24-9-7-22(8-10-24)30(39)36(25-11-12-25)26-13-15-35(29(38)23-2-1-14-33-19-23)27(16-26)28(37)34-18-21-5-3-20(17-32)4-6-21/h1-2,7-10,14,19-21,25-27H,3-6,11-13,15-18,32H2,(H,34,37)/t20?,21?,26?,27-/m1/s1. The van der Waals surface area contributed by atoms with Crippen LogP contribution in [-0.2, 0) is 4.79 Å². The molecule has 3 fully saturated rings. The molecule has 1 unspecified atom stereocenters. The molecule has 2 aromatic rings. The second-order valence-corrected chi connectivity index (χ2v) is 11.3. The van der Waals surface area contributed by atoms with Gasteiger partial charge in [0.25, 0.3) is 11.8 Å². The van der Waals surface area contributed by atoms with Crippen molar-refractivity contribution in [1.82, 2.24) is 20.1 Å². The Labute approximate surface area is 229 Å². The summed E-state index contributed by atoms with van der Waals surface area (Å²) in [6.07, 6.45) is 10.1. The molecule has 2 saturated carbocycles. The number of nitrogens with two attached hydrogens (primary N) is 1. The highest BCUT2D eigenvalue weighted by Crippen LogP contribution is 2.35. The molecule has 9 heteroatoms. The second kappa shape index (κ2) is 12.2. The van der Waals surface area contributed by atoms with Crippen molar-refractivity contribution in [2.75, 3.05) is 19.6 Å². The van der Waals surface area contributed by atoms with Gasteiger partial charge < -0.3 is 20.9 Å². The van der Waals surface area contributed by atoms with Gasteiger partial charge in [0, 0.05) is 43.1 Å². The summed E-state index contributed by atoms with van der Waals surface area (Å²) in [6, 6.07) is 8.26. The van der Waals surface area contributed by atoms with Crippen LogP contribution in [0.5, 0.6) is 0 Å². The van der Waals surface area contributed by atoms with Crippen LogP contribution in [0.4, 0.5) is 4.39 Å². The van der Waals surface area contributed by atoms with E-state index in [0.29, 0.717) is 55.4 Å². The summed E-state index contributed by atoms with van der Waals surface area (Å²) in [5.41, 5.74) is 6.71. The maximum atomic E-state index is 13.7. The second-order valence-electron chi connectivity index (χ2n) is 11.3. The number of hydrogen-bond donors (Lipinski definition) is 2. The zero-order chi connectivity index (χ0) is 27.4. The number of pyridine rings is 1. The van der Waals surface area contributed by atoms with Crippen molar-refractivity contribution in [3.05, 3.63) is 65.7 Å². The first-order chi connectivity index (χ1) is 18.9. The molecule has 2 atom stereocenters. The van der Waals surface area contributed by atoms with Gasteiger partial charge in [0.05, 0.1) is 5.56 Å². The molecule has 0 spiro atoms. The molecule has 3 N–H and O–H groups in total. The predicted octanol–water partition coefficient (Wildman–Crippen LogP) is 3.38. The maximum Gasteiger partial charge on any atom is 0.256 e. The number of piperidine rings is 1. The highest BCUT2D eigenvalue weighted by Gasteiger charge is 2.44. The van der Waals surface area contributed by atoms with Crippen LogP contribution in [0.1, 0.15) is 72.1 Å². The summed E-state index contributed by atoms with van der Waals surface area (Å²) in [5, 5.41) is 3.14. The van der Waals surface area contributed by atoms with Crippen LogP contribution in [-0.4, -0.2) is 70.3 Å². The summed E-state index contributed by atoms with van der Waals surface area (Å²) >= 11 is 0. The van der Waals surface area contributed by atoms with Crippen LogP contribution in [0, 0.1) is 17.7 Å². The smallest absolute Gasteiger partial charge is 0.256 e. The highest BCUT2D eigenvalue weighted by molar-refractivity contribution is 5.98. The number of aromatic nitrogens is 1. The van der Waals surface area contributed by atoms with Gasteiger partial charge >= 0.3 is 0 Å². The van der Waals surface area contributed by atoms with E-state index in [1.54, 1.807) is 23.2 Å². The minimum Gasteiger partial charge on any atom is -0.354 e. The van der Waals surface area contributed by atoms with Crippen molar-refractivity contribution in [3.63, 3.8) is 0 Å². The summed E-state index contributed by atoms with van der Waals surface area (Å²) in [5.74, 6) is 0.0264. The SMILES string of the molecule is NCC1CCC(CNC(=O)[C@H]2CC(N(C(=O)c3ccc(F)cc3)C3CC3)CCN2C(=O)c2cccnc2)CC1. The third-order valence-corrected chi connectivity index (χ3v) is 8.57. The molecule has 1 aliphatic heterocycles. The quantitative estimate of drug-likeness (QED) is 0.539. The summed E-state index contributed by atoms with van der Waals surface area (Å²) in [7, 11) is 0. The summed E-state index contributed by atoms with van der Waals surface area (Å²) in [6.45, 7) is 1.65. The van der Waals surface area contributed by atoms with E-state index in [2.05, 4.69) is 10.3 Å². The molecule has 8 nitrogen and oxygen atoms in total. The highest BCUT2D eigenvalue weighted by atomic mass is 19.1. The van der Waals surface area contributed by atoms with Crippen LogP contribution >= 0.6 is 0 Å². The van der Waals surface area contributed by atoms with Crippen molar-refractivity contribution in [2.24, 2.45) is 17.6 Å². The van der Waals surface area contributed by atoms with Crippen LogP contribution in [0.25, 0.3) is 0 Å².